The topological polar surface area (TPSA) is 9.23 Å². The van der Waals surface area contributed by atoms with Crippen LogP contribution in [0.5, 0.6) is 0 Å². The summed E-state index contributed by atoms with van der Waals surface area (Å²) in [6.45, 7) is 2.25. The van der Waals surface area contributed by atoms with E-state index in [0.29, 0.717) is 11.4 Å². The summed E-state index contributed by atoms with van der Waals surface area (Å²) >= 11 is 4.48. The lowest BCUT2D eigenvalue weighted by Gasteiger charge is -2.30. The summed E-state index contributed by atoms with van der Waals surface area (Å²) in [6.07, 6.45) is 4.08. The molecule has 0 bridgehead atoms. The molecule has 0 aromatic carbocycles. The zero-order chi connectivity index (χ0) is 7.56. The molecule has 1 nitrogen and oxygen atoms in total. The van der Waals surface area contributed by atoms with Crippen LogP contribution in [0.4, 0.5) is 0 Å². The highest BCUT2D eigenvalue weighted by atomic mass is 32.1. The summed E-state index contributed by atoms with van der Waals surface area (Å²) in [7, 11) is 1.80. The van der Waals surface area contributed by atoms with Crippen LogP contribution in [0.15, 0.2) is 0 Å². The number of thiol groups is 1. The highest BCUT2D eigenvalue weighted by molar-refractivity contribution is 7.81. The van der Waals surface area contributed by atoms with Gasteiger partial charge in [0.05, 0.1) is 6.10 Å². The van der Waals surface area contributed by atoms with Crippen LogP contribution in [0.2, 0.25) is 0 Å². The molecule has 0 radical (unpaired) electrons. The van der Waals surface area contributed by atoms with Crippen molar-refractivity contribution in [3.8, 4) is 0 Å². The van der Waals surface area contributed by atoms with E-state index in [-0.39, 0.29) is 0 Å². The molecule has 1 rings (SSSR count). The van der Waals surface area contributed by atoms with Crippen LogP contribution in [0.25, 0.3) is 0 Å². The van der Waals surface area contributed by atoms with E-state index in [4.69, 9.17) is 4.74 Å². The third kappa shape index (κ3) is 1.89. The van der Waals surface area contributed by atoms with Crippen molar-refractivity contribution in [1.82, 2.24) is 0 Å². The van der Waals surface area contributed by atoms with Gasteiger partial charge in [-0.15, -0.1) is 0 Å². The average Bonchev–Trinajstić information content (AvgIpc) is 1.95. The largest absolute Gasteiger partial charge is 0.381 e. The van der Waals surface area contributed by atoms with Crippen molar-refractivity contribution in [3.05, 3.63) is 0 Å². The van der Waals surface area contributed by atoms with Crippen molar-refractivity contribution in [3.63, 3.8) is 0 Å². The first-order chi connectivity index (χ1) is 4.74. The normalized spacial score (nSPS) is 41.7. The van der Waals surface area contributed by atoms with Crippen LogP contribution in [0.1, 0.15) is 26.2 Å². The molecular formula is C8H16OS. The maximum Gasteiger partial charge on any atom is 0.0574 e. The third-order valence-corrected chi connectivity index (χ3v) is 3.18. The lowest BCUT2D eigenvalue weighted by molar-refractivity contribution is 0.0565. The van der Waals surface area contributed by atoms with Crippen molar-refractivity contribution < 1.29 is 4.74 Å². The van der Waals surface area contributed by atoms with Gasteiger partial charge in [0.1, 0.15) is 0 Å². The standard InChI is InChI=1S/C8H16OS/c1-6-5-7(9-2)3-4-8(6)10/h6-8,10H,3-5H2,1-2H3. The molecule has 1 fully saturated rings. The second kappa shape index (κ2) is 3.63. The van der Waals surface area contributed by atoms with Gasteiger partial charge in [-0.2, -0.15) is 12.6 Å². The SMILES string of the molecule is COC1CCC(S)C(C)C1. The number of methoxy groups -OCH3 is 1. The molecule has 0 aliphatic heterocycles. The maximum absolute atomic E-state index is 5.28. The van der Waals surface area contributed by atoms with Crippen LogP contribution in [-0.4, -0.2) is 18.5 Å². The first kappa shape index (κ1) is 8.41. The minimum atomic E-state index is 0.499. The van der Waals surface area contributed by atoms with Gasteiger partial charge in [-0.25, -0.2) is 0 Å². The minimum absolute atomic E-state index is 0.499. The highest BCUT2D eigenvalue weighted by Crippen LogP contribution is 2.29. The molecule has 0 aromatic rings. The van der Waals surface area contributed by atoms with Crippen molar-refractivity contribution >= 4 is 12.6 Å². The summed E-state index contributed by atoms with van der Waals surface area (Å²) in [5.74, 6) is 0.724. The second-order valence-corrected chi connectivity index (χ2v) is 3.88. The second-order valence-electron chi connectivity index (χ2n) is 3.22. The fraction of sp³-hybridized carbons (Fsp3) is 1.00. The Morgan fingerprint density at radius 3 is 2.60 bits per heavy atom. The van der Waals surface area contributed by atoms with Gasteiger partial charge < -0.3 is 4.74 Å². The van der Waals surface area contributed by atoms with Crippen LogP contribution in [0.3, 0.4) is 0 Å². The third-order valence-electron chi connectivity index (χ3n) is 2.41. The number of ether oxygens (including phenoxy) is 1. The van der Waals surface area contributed by atoms with E-state index in [1.807, 2.05) is 0 Å². The van der Waals surface area contributed by atoms with E-state index in [0.717, 1.165) is 5.92 Å². The molecule has 1 aliphatic rings. The quantitative estimate of drug-likeness (QED) is 0.578. The van der Waals surface area contributed by atoms with Gasteiger partial charge in [0.15, 0.2) is 0 Å². The molecule has 0 saturated heterocycles. The van der Waals surface area contributed by atoms with Gasteiger partial charge >= 0.3 is 0 Å². The monoisotopic (exact) mass is 160 g/mol. The Bertz CT molecular complexity index is 105. The molecule has 3 atom stereocenters. The lowest BCUT2D eigenvalue weighted by Crippen LogP contribution is -2.27. The molecule has 1 saturated carbocycles. The van der Waals surface area contributed by atoms with E-state index in [1.54, 1.807) is 7.11 Å². The van der Waals surface area contributed by atoms with Crippen molar-refractivity contribution in [2.24, 2.45) is 5.92 Å². The predicted octanol–water partition coefficient (Wildman–Crippen LogP) is 2.12. The predicted molar refractivity (Wildman–Crippen MR) is 46.6 cm³/mol. The Labute approximate surface area is 68.6 Å². The molecule has 3 unspecified atom stereocenters. The number of hydrogen-bond acceptors (Lipinski definition) is 2. The van der Waals surface area contributed by atoms with E-state index < -0.39 is 0 Å². The van der Waals surface area contributed by atoms with Gasteiger partial charge in [-0.1, -0.05) is 6.92 Å². The smallest absolute Gasteiger partial charge is 0.0574 e. The number of rotatable bonds is 1. The minimum Gasteiger partial charge on any atom is -0.381 e. The Hall–Kier alpha value is 0.310. The molecule has 0 heterocycles. The summed E-state index contributed by atoms with van der Waals surface area (Å²) in [6, 6.07) is 0. The van der Waals surface area contributed by atoms with Crippen LogP contribution < -0.4 is 0 Å². The summed E-state index contributed by atoms with van der Waals surface area (Å²) in [5, 5.41) is 0.603. The summed E-state index contributed by atoms with van der Waals surface area (Å²) in [5.41, 5.74) is 0. The Morgan fingerprint density at radius 1 is 1.40 bits per heavy atom. The fourth-order valence-corrected chi connectivity index (χ4v) is 1.82. The molecule has 2 heteroatoms. The molecule has 1 aliphatic carbocycles. The highest BCUT2D eigenvalue weighted by Gasteiger charge is 2.24. The first-order valence-electron chi connectivity index (χ1n) is 3.95. The van der Waals surface area contributed by atoms with E-state index >= 15 is 0 Å². The van der Waals surface area contributed by atoms with Crippen LogP contribution >= 0.6 is 12.6 Å². The average molecular weight is 160 g/mol. The lowest BCUT2D eigenvalue weighted by atomic mass is 9.88. The fourth-order valence-electron chi connectivity index (χ4n) is 1.54. The van der Waals surface area contributed by atoms with E-state index in [1.165, 1.54) is 19.3 Å². The molecule has 0 aromatic heterocycles. The number of hydrogen-bond donors (Lipinski definition) is 1. The Morgan fingerprint density at radius 2 is 2.10 bits per heavy atom. The van der Waals surface area contributed by atoms with Crippen molar-refractivity contribution in [2.75, 3.05) is 7.11 Å². The van der Waals surface area contributed by atoms with E-state index in [2.05, 4.69) is 19.6 Å². The van der Waals surface area contributed by atoms with Crippen LogP contribution in [0, 0.1) is 5.92 Å². The van der Waals surface area contributed by atoms with Crippen molar-refractivity contribution in [2.45, 2.75) is 37.5 Å². The molecule has 0 spiro atoms. The molecule has 0 amide bonds. The van der Waals surface area contributed by atoms with Crippen LogP contribution in [-0.2, 0) is 4.74 Å². The summed E-state index contributed by atoms with van der Waals surface area (Å²) in [4.78, 5) is 0. The first-order valence-corrected chi connectivity index (χ1v) is 4.46. The Balaban J connectivity index is 2.33. The van der Waals surface area contributed by atoms with Gasteiger partial charge in [-0.05, 0) is 25.2 Å². The molecule has 0 N–H and O–H groups in total. The summed E-state index contributed by atoms with van der Waals surface area (Å²) < 4.78 is 5.28. The molecular weight excluding hydrogens is 144 g/mol. The maximum atomic E-state index is 5.28. The Kier molecular flexibility index (Phi) is 3.05. The van der Waals surface area contributed by atoms with Gasteiger partial charge in [0.25, 0.3) is 0 Å². The van der Waals surface area contributed by atoms with Gasteiger partial charge in [-0.3, -0.25) is 0 Å². The van der Waals surface area contributed by atoms with Gasteiger partial charge in [0.2, 0.25) is 0 Å². The van der Waals surface area contributed by atoms with E-state index in [9.17, 15) is 0 Å². The zero-order valence-electron chi connectivity index (χ0n) is 6.71. The molecule has 10 heavy (non-hydrogen) atoms. The van der Waals surface area contributed by atoms with Gasteiger partial charge in [0, 0.05) is 12.4 Å². The zero-order valence-corrected chi connectivity index (χ0v) is 7.60. The molecule has 60 valence electrons. The van der Waals surface area contributed by atoms with Crippen molar-refractivity contribution in [1.29, 1.82) is 0 Å².